The van der Waals surface area contributed by atoms with Gasteiger partial charge in [-0.25, -0.2) is 0 Å². The molecule has 0 N–H and O–H groups in total. The van der Waals surface area contributed by atoms with Gasteiger partial charge in [0.2, 0.25) is 5.91 Å². The van der Waals surface area contributed by atoms with E-state index in [0.717, 1.165) is 12.0 Å². The molecular weight excluding hydrogens is 325 g/mol. The van der Waals surface area contributed by atoms with Crippen molar-refractivity contribution >= 4 is 35.2 Å². The number of nitrogens with zero attached hydrogens (tertiary/aromatic N) is 1. The van der Waals surface area contributed by atoms with Crippen LogP contribution in [0.3, 0.4) is 0 Å². The molecule has 22 heavy (non-hydrogen) atoms. The van der Waals surface area contributed by atoms with E-state index in [4.69, 9.17) is 32.7 Å². The minimum absolute atomic E-state index is 0.0702. The molecule has 1 rings (SSSR count). The number of amides is 1. The van der Waals surface area contributed by atoms with Gasteiger partial charge in [-0.15, -0.1) is 0 Å². The molecule has 4 nitrogen and oxygen atoms in total. The van der Waals surface area contributed by atoms with Gasteiger partial charge < -0.3 is 14.4 Å². The molecule has 0 saturated carbocycles. The minimum Gasteiger partial charge on any atom is -0.385 e. The summed E-state index contributed by atoms with van der Waals surface area (Å²) in [6.45, 7) is 2.29. The van der Waals surface area contributed by atoms with Crippen LogP contribution >= 0.6 is 23.2 Å². The molecule has 0 atom stereocenters. The molecule has 0 aromatic heterocycles. The lowest BCUT2D eigenvalue weighted by molar-refractivity contribution is -0.126. The van der Waals surface area contributed by atoms with E-state index in [1.807, 2.05) is 6.07 Å². The van der Waals surface area contributed by atoms with Gasteiger partial charge in [-0.1, -0.05) is 29.3 Å². The second-order valence-electron chi connectivity index (χ2n) is 4.67. The Hall–Kier alpha value is -1.07. The van der Waals surface area contributed by atoms with Gasteiger partial charge in [0.25, 0.3) is 0 Å². The van der Waals surface area contributed by atoms with Crippen LogP contribution in [-0.2, 0) is 14.3 Å². The average molecular weight is 346 g/mol. The van der Waals surface area contributed by atoms with E-state index in [1.54, 1.807) is 37.3 Å². The fourth-order valence-corrected chi connectivity index (χ4v) is 2.13. The van der Waals surface area contributed by atoms with Crippen molar-refractivity contribution in [1.82, 2.24) is 4.90 Å². The summed E-state index contributed by atoms with van der Waals surface area (Å²) in [5, 5.41) is 0.957. The average Bonchev–Trinajstić information content (AvgIpc) is 2.51. The molecule has 0 aliphatic heterocycles. The normalized spacial score (nSPS) is 11.1. The first-order valence-corrected chi connectivity index (χ1v) is 7.74. The number of benzene rings is 1. The van der Waals surface area contributed by atoms with Gasteiger partial charge in [-0.2, -0.15) is 0 Å². The third-order valence-electron chi connectivity index (χ3n) is 3.02. The Labute approximate surface area is 141 Å². The number of ether oxygens (including phenoxy) is 2. The predicted molar refractivity (Wildman–Crippen MR) is 90.4 cm³/mol. The summed E-state index contributed by atoms with van der Waals surface area (Å²) in [5.74, 6) is -0.0702. The molecule has 0 heterocycles. The van der Waals surface area contributed by atoms with Gasteiger partial charge in [0.1, 0.15) is 0 Å². The third-order valence-corrected chi connectivity index (χ3v) is 3.75. The van der Waals surface area contributed by atoms with Crippen LogP contribution in [0.5, 0.6) is 0 Å². The summed E-state index contributed by atoms with van der Waals surface area (Å²) in [4.78, 5) is 14.0. The van der Waals surface area contributed by atoms with E-state index in [1.165, 1.54) is 6.08 Å². The molecule has 1 aromatic carbocycles. The van der Waals surface area contributed by atoms with E-state index >= 15 is 0 Å². The monoisotopic (exact) mass is 345 g/mol. The second-order valence-corrected chi connectivity index (χ2v) is 5.49. The number of halogens is 2. The number of carbonyl (C=O) groups excluding carboxylic acids is 1. The second kappa shape index (κ2) is 10.6. The molecule has 6 heteroatoms. The lowest BCUT2D eigenvalue weighted by Crippen LogP contribution is -2.34. The first-order chi connectivity index (χ1) is 10.6. The zero-order valence-electron chi connectivity index (χ0n) is 12.9. The highest BCUT2D eigenvalue weighted by Gasteiger charge is 2.10. The van der Waals surface area contributed by atoms with Crippen LogP contribution in [0.4, 0.5) is 0 Å². The number of rotatable bonds is 9. The highest BCUT2D eigenvalue weighted by Crippen LogP contribution is 2.23. The zero-order valence-corrected chi connectivity index (χ0v) is 14.4. The predicted octanol–water partition coefficient (Wildman–Crippen LogP) is 3.52. The largest absolute Gasteiger partial charge is 0.385 e. The smallest absolute Gasteiger partial charge is 0.246 e. The van der Waals surface area contributed by atoms with Gasteiger partial charge in [-0.05, 0) is 30.2 Å². The van der Waals surface area contributed by atoms with E-state index in [-0.39, 0.29) is 5.91 Å². The maximum Gasteiger partial charge on any atom is 0.246 e. The topological polar surface area (TPSA) is 38.8 Å². The van der Waals surface area contributed by atoms with Crippen LogP contribution in [0, 0.1) is 0 Å². The highest BCUT2D eigenvalue weighted by atomic mass is 35.5. The van der Waals surface area contributed by atoms with Gasteiger partial charge in [0.15, 0.2) is 0 Å². The lowest BCUT2D eigenvalue weighted by Gasteiger charge is -2.20. The van der Waals surface area contributed by atoms with Crippen molar-refractivity contribution in [2.75, 3.05) is 40.5 Å². The maximum absolute atomic E-state index is 12.3. The SMILES string of the molecule is COCCCN(CCOC)C(=O)C=Cc1ccc(Cl)c(Cl)c1. The summed E-state index contributed by atoms with van der Waals surface area (Å²) in [5.41, 5.74) is 0.825. The van der Waals surface area contributed by atoms with E-state index in [0.29, 0.717) is 36.3 Å². The molecule has 0 aliphatic carbocycles. The van der Waals surface area contributed by atoms with Crippen molar-refractivity contribution in [2.24, 2.45) is 0 Å². The molecule has 0 spiro atoms. The summed E-state index contributed by atoms with van der Waals surface area (Å²) < 4.78 is 10.1. The van der Waals surface area contributed by atoms with Crippen molar-refractivity contribution in [1.29, 1.82) is 0 Å². The van der Waals surface area contributed by atoms with E-state index in [9.17, 15) is 4.79 Å². The lowest BCUT2D eigenvalue weighted by atomic mass is 10.2. The van der Waals surface area contributed by atoms with Gasteiger partial charge in [0, 0.05) is 40.0 Å². The van der Waals surface area contributed by atoms with E-state index in [2.05, 4.69) is 0 Å². The fourth-order valence-electron chi connectivity index (χ4n) is 1.82. The van der Waals surface area contributed by atoms with E-state index < -0.39 is 0 Å². The van der Waals surface area contributed by atoms with Gasteiger partial charge in [0.05, 0.1) is 16.7 Å². The molecule has 122 valence electrons. The Kier molecular flexibility index (Phi) is 9.16. The minimum atomic E-state index is -0.0702. The molecule has 0 radical (unpaired) electrons. The van der Waals surface area contributed by atoms with Crippen LogP contribution in [0.15, 0.2) is 24.3 Å². The molecule has 0 bridgehead atoms. The first-order valence-electron chi connectivity index (χ1n) is 6.98. The maximum atomic E-state index is 12.3. The first kappa shape index (κ1) is 19.0. The highest BCUT2D eigenvalue weighted by molar-refractivity contribution is 6.42. The Morgan fingerprint density at radius 1 is 1.14 bits per heavy atom. The fraction of sp³-hybridized carbons (Fsp3) is 0.438. The molecule has 0 saturated heterocycles. The third kappa shape index (κ3) is 6.79. The van der Waals surface area contributed by atoms with Crippen molar-refractivity contribution in [3.05, 3.63) is 39.9 Å². The quantitative estimate of drug-likeness (QED) is 0.507. The van der Waals surface area contributed by atoms with Gasteiger partial charge in [-0.3, -0.25) is 4.79 Å². The molecule has 1 amide bonds. The Morgan fingerprint density at radius 3 is 2.50 bits per heavy atom. The van der Waals surface area contributed by atoms with Crippen molar-refractivity contribution in [3.63, 3.8) is 0 Å². The van der Waals surface area contributed by atoms with Crippen molar-refractivity contribution < 1.29 is 14.3 Å². The van der Waals surface area contributed by atoms with Gasteiger partial charge >= 0.3 is 0 Å². The van der Waals surface area contributed by atoms with Crippen molar-refractivity contribution in [3.8, 4) is 0 Å². The number of methoxy groups -OCH3 is 2. The molecule has 1 aromatic rings. The van der Waals surface area contributed by atoms with Crippen molar-refractivity contribution in [2.45, 2.75) is 6.42 Å². The summed E-state index contributed by atoms with van der Waals surface area (Å²) in [6.07, 6.45) is 4.04. The summed E-state index contributed by atoms with van der Waals surface area (Å²) in [6, 6.07) is 5.23. The standard InChI is InChI=1S/C16H21Cl2NO3/c1-21-10-3-8-19(9-11-22-2)16(20)7-5-13-4-6-14(17)15(18)12-13/h4-7,12H,3,8-11H2,1-2H3. The number of carbonyl (C=O) groups is 1. The Balaban J connectivity index is 2.66. The van der Waals surface area contributed by atoms with Crippen LogP contribution in [0.25, 0.3) is 6.08 Å². The van der Waals surface area contributed by atoms with Crippen LogP contribution in [0.2, 0.25) is 10.0 Å². The molecule has 0 fully saturated rings. The molecule has 0 aliphatic rings. The summed E-state index contributed by atoms with van der Waals surface area (Å²) >= 11 is 11.8. The van der Waals surface area contributed by atoms with Crippen LogP contribution < -0.4 is 0 Å². The number of hydrogen-bond acceptors (Lipinski definition) is 3. The molecular formula is C16H21Cl2NO3. The Morgan fingerprint density at radius 2 is 1.86 bits per heavy atom. The van der Waals surface area contributed by atoms with Crippen LogP contribution in [-0.4, -0.2) is 51.3 Å². The van der Waals surface area contributed by atoms with Crippen LogP contribution in [0.1, 0.15) is 12.0 Å². The number of hydrogen-bond donors (Lipinski definition) is 0. The Bertz CT molecular complexity index is 506. The molecule has 0 unspecified atom stereocenters. The summed E-state index contributed by atoms with van der Waals surface area (Å²) in [7, 11) is 3.26. The zero-order chi connectivity index (χ0) is 16.4.